The van der Waals surface area contributed by atoms with Crippen molar-refractivity contribution in [3.8, 4) is 0 Å². The van der Waals surface area contributed by atoms with Gasteiger partial charge in [0.05, 0.1) is 0 Å². The molecule has 0 aliphatic carbocycles. The molecule has 2 heterocycles. The molecule has 0 spiro atoms. The molecule has 0 N–H and O–H groups in total. The van der Waals surface area contributed by atoms with Crippen molar-refractivity contribution in [1.82, 2.24) is 9.97 Å². The maximum absolute atomic E-state index is 4.51. The van der Waals surface area contributed by atoms with Crippen LogP contribution in [-0.2, 0) is 10.8 Å². The SMILES string of the molecule is CC(C)(CCC(C)(C)c1ccccn1)c1cccnc1. The molecule has 0 unspecified atom stereocenters. The third-order valence-corrected chi connectivity index (χ3v) is 4.18. The Morgan fingerprint density at radius 1 is 0.850 bits per heavy atom. The summed E-state index contributed by atoms with van der Waals surface area (Å²) < 4.78 is 0. The average Bonchev–Trinajstić information content (AvgIpc) is 2.47. The molecule has 0 aromatic carbocycles. The van der Waals surface area contributed by atoms with E-state index in [2.05, 4.69) is 55.9 Å². The first kappa shape index (κ1) is 14.7. The quantitative estimate of drug-likeness (QED) is 0.797. The molecular formula is C18H24N2. The molecule has 106 valence electrons. The number of rotatable bonds is 5. The zero-order valence-corrected chi connectivity index (χ0v) is 12.9. The molecule has 0 aliphatic heterocycles. The highest BCUT2D eigenvalue weighted by Crippen LogP contribution is 2.34. The first-order valence-corrected chi connectivity index (χ1v) is 7.24. The summed E-state index contributed by atoms with van der Waals surface area (Å²) in [4.78, 5) is 8.75. The third kappa shape index (κ3) is 3.44. The Kier molecular flexibility index (Phi) is 4.22. The Hall–Kier alpha value is -1.70. The normalized spacial score (nSPS) is 12.4. The third-order valence-electron chi connectivity index (χ3n) is 4.18. The van der Waals surface area contributed by atoms with Gasteiger partial charge in [0.2, 0.25) is 0 Å². The van der Waals surface area contributed by atoms with Crippen LogP contribution in [-0.4, -0.2) is 9.97 Å². The molecule has 0 radical (unpaired) electrons. The minimum absolute atomic E-state index is 0.0980. The zero-order chi connectivity index (χ0) is 14.6. The minimum Gasteiger partial charge on any atom is -0.264 e. The van der Waals surface area contributed by atoms with Crippen LogP contribution in [0.5, 0.6) is 0 Å². The lowest BCUT2D eigenvalue weighted by Crippen LogP contribution is -2.25. The number of pyridine rings is 2. The lowest BCUT2D eigenvalue weighted by Gasteiger charge is -2.31. The Bertz CT molecular complexity index is 478. The standard InChI is InChI=1S/C18H24N2/c1-17(2,15-8-7-12-19-14-15)10-11-18(3,4)16-9-5-6-13-20-16/h5-9,12-14H,10-11H2,1-4H3. The van der Waals surface area contributed by atoms with Crippen LogP contribution >= 0.6 is 0 Å². The highest BCUT2D eigenvalue weighted by atomic mass is 14.7. The van der Waals surface area contributed by atoms with Crippen molar-refractivity contribution >= 4 is 0 Å². The monoisotopic (exact) mass is 268 g/mol. The summed E-state index contributed by atoms with van der Waals surface area (Å²) in [6.07, 6.45) is 7.91. The van der Waals surface area contributed by atoms with Crippen molar-refractivity contribution in [1.29, 1.82) is 0 Å². The van der Waals surface area contributed by atoms with Crippen LogP contribution < -0.4 is 0 Å². The van der Waals surface area contributed by atoms with Crippen molar-refractivity contribution in [2.45, 2.75) is 51.4 Å². The fourth-order valence-electron chi connectivity index (χ4n) is 2.42. The Morgan fingerprint density at radius 2 is 1.60 bits per heavy atom. The second-order valence-electron chi connectivity index (χ2n) is 6.72. The topological polar surface area (TPSA) is 25.8 Å². The van der Waals surface area contributed by atoms with Crippen LogP contribution in [0.2, 0.25) is 0 Å². The van der Waals surface area contributed by atoms with Gasteiger partial charge in [-0.25, -0.2) is 0 Å². The van der Waals surface area contributed by atoms with E-state index in [1.165, 1.54) is 11.3 Å². The summed E-state index contributed by atoms with van der Waals surface area (Å²) in [5, 5.41) is 0. The highest BCUT2D eigenvalue weighted by molar-refractivity contribution is 5.20. The second-order valence-corrected chi connectivity index (χ2v) is 6.72. The van der Waals surface area contributed by atoms with E-state index in [9.17, 15) is 0 Å². The van der Waals surface area contributed by atoms with E-state index >= 15 is 0 Å². The lowest BCUT2D eigenvalue weighted by molar-refractivity contribution is 0.368. The molecule has 0 amide bonds. The van der Waals surface area contributed by atoms with Gasteiger partial charge in [0.25, 0.3) is 0 Å². The molecule has 0 saturated carbocycles. The Balaban J connectivity index is 2.08. The molecule has 2 nitrogen and oxygen atoms in total. The molecule has 2 aromatic heterocycles. The van der Waals surface area contributed by atoms with Gasteiger partial charge in [-0.2, -0.15) is 0 Å². The minimum atomic E-state index is 0.0980. The summed E-state index contributed by atoms with van der Waals surface area (Å²) >= 11 is 0. The van der Waals surface area contributed by atoms with E-state index in [-0.39, 0.29) is 10.8 Å². The number of hydrogen-bond acceptors (Lipinski definition) is 2. The van der Waals surface area contributed by atoms with Gasteiger partial charge in [0.1, 0.15) is 0 Å². The summed E-state index contributed by atoms with van der Waals surface area (Å²) in [6.45, 7) is 9.13. The number of aromatic nitrogens is 2. The molecule has 0 fully saturated rings. The van der Waals surface area contributed by atoms with Gasteiger partial charge in [-0.05, 0) is 42.0 Å². The first-order valence-electron chi connectivity index (χ1n) is 7.24. The van der Waals surface area contributed by atoms with Crippen molar-refractivity contribution < 1.29 is 0 Å². The molecule has 2 aromatic rings. The van der Waals surface area contributed by atoms with E-state index in [1.807, 2.05) is 30.7 Å². The fourth-order valence-corrected chi connectivity index (χ4v) is 2.42. The van der Waals surface area contributed by atoms with Gasteiger partial charge in [-0.15, -0.1) is 0 Å². The number of nitrogens with zero attached hydrogens (tertiary/aromatic N) is 2. The molecule has 0 aliphatic rings. The Morgan fingerprint density at radius 3 is 2.20 bits per heavy atom. The second kappa shape index (κ2) is 5.74. The predicted molar refractivity (Wildman–Crippen MR) is 83.8 cm³/mol. The molecular weight excluding hydrogens is 244 g/mol. The van der Waals surface area contributed by atoms with Gasteiger partial charge in [-0.3, -0.25) is 9.97 Å². The van der Waals surface area contributed by atoms with Crippen molar-refractivity contribution in [2.24, 2.45) is 0 Å². The molecule has 0 bridgehead atoms. The lowest BCUT2D eigenvalue weighted by atomic mass is 9.74. The summed E-state index contributed by atoms with van der Waals surface area (Å²) in [5.41, 5.74) is 2.71. The van der Waals surface area contributed by atoms with Crippen LogP contribution in [0.1, 0.15) is 51.8 Å². The maximum atomic E-state index is 4.51. The zero-order valence-electron chi connectivity index (χ0n) is 12.9. The van der Waals surface area contributed by atoms with Crippen LogP contribution in [0.15, 0.2) is 48.9 Å². The van der Waals surface area contributed by atoms with Gasteiger partial charge in [0, 0.05) is 29.7 Å². The molecule has 0 saturated heterocycles. The van der Waals surface area contributed by atoms with E-state index in [0.717, 1.165) is 12.8 Å². The van der Waals surface area contributed by atoms with Gasteiger partial charge in [0.15, 0.2) is 0 Å². The average molecular weight is 268 g/mol. The fraction of sp³-hybridized carbons (Fsp3) is 0.444. The molecule has 2 heteroatoms. The largest absolute Gasteiger partial charge is 0.264 e. The van der Waals surface area contributed by atoms with Gasteiger partial charge in [-0.1, -0.05) is 39.8 Å². The van der Waals surface area contributed by atoms with E-state index in [0.29, 0.717) is 0 Å². The van der Waals surface area contributed by atoms with Gasteiger partial charge < -0.3 is 0 Å². The van der Waals surface area contributed by atoms with Crippen LogP contribution in [0.25, 0.3) is 0 Å². The van der Waals surface area contributed by atoms with Crippen molar-refractivity contribution in [3.63, 3.8) is 0 Å². The molecule has 20 heavy (non-hydrogen) atoms. The van der Waals surface area contributed by atoms with E-state index in [1.54, 1.807) is 0 Å². The number of hydrogen-bond donors (Lipinski definition) is 0. The van der Waals surface area contributed by atoms with Crippen molar-refractivity contribution in [3.05, 3.63) is 60.2 Å². The molecule has 2 rings (SSSR count). The van der Waals surface area contributed by atoms with E-state index < -0.39 is 0 Å². The summed E-state index contributed by atoms with van der Waals surface area (Å²) in [7, 11) is 0. The Labute approximate surface area is 122 Å². The summed E-state index contributed by atoms with van der Waals surface area (Å²) in [5.74, 6) is 0. The van der Waals surface area contributed by atoms with Crippen LogP contribution in [0.3, 0.4) is 0 Å². The van der Waals surface area contributed by atoms with Gasteiger partial charge >= 0.3 is 0 Å². The van der Waals surface area contributed by atoms with E-state index in [4.69, 9.17) is 0 Å². The molecule has 0 atom stereocenters. The van der Waals surface area contributed by atoms with Crippen LogP contribution in [0, 0.1) is 0 Å². The smallest absolute Gasteiger partial charge is 0.0459 e. The highest BCUT2D eigenvalue weighted by Gasteiger charge is 2.27. The van der Waals surface area contributed by atoms with Crippen molar-refractivity contribution in [2.75, 3.05) is 0 Å². The summed E-state index contributed by atoms with van der Waals surface area (Å²) in [6, 6.07) is 10.3. The van der Waals surface area contributed by atoms with Crippen LogP contribution in [0.4, 0.5) is 0 Å². The predicted octanol–water partition coefficient (Wildman–Crippen LogP) is 4.51. The first-order chi connectivity index (χ1) is 9.42. The maximum Gasteiger partial charge on any atom is 0.0459 e.